The van der Waals surface area contributed by atoms with Crippen molar-refractivity contribution >= 4 is 32.6 Å². The molecule has 0 aliphatic rings. The zero-order valence-corrected chi connectivity index (χ0v) is 16.9. The second-order valence-corrected chi connectivity index (χ2v) is 7.82. The molecule has 27 heavy (non-hydrogen) atoms. The fourth-order valence-electron chi connectivity index (χ4n) is 2.88. The van der Waals surface area contributed by atoms with Gasteiger partial charge in [-0.05, 0) is 54.2 Å². The average Bonchev–Trinajstić information content (AvgIpc) is 3.08. The molecular formula is C22H26N2O2S. The maximum Gasteiger partial charge on any atom is 0.264 e. The number of nitrogens with one attached hydrogen (secondary N) is 1. The van der Waals surface area contributed by atoms with Gasteiger partial charge in [-0.1, -0.05) is 56.7 Å². The monoisotopic (exact) mass is 382 g/mol. The van der Waals surface area contributed by atoms with Gasteiger partial charge >= 0.3 is 0 Å². The number of rotatable bonds is 8. The third-order valence-electron chi connectivity index (χ3n) is 4.67. The van der Waals surface area contributed by atoms with Crippen molar-refractivity contribution in [3.8, 4) is 5.75 Å². The first-order valence-electron chi connectivity index (χ1n) is 9.51. The van der Waals surface area contributed by atoms with Crippen LogP contribution >= 0.6 is 11.3 Å². The molecule has 0 spiro atoms. The number of fused-ring (bicyclic) bond motifs is 1. The molecule has 0 saturated carbocycles. The van der Waals surface area contributed by atoms with Gasteiger partial charge in [-0.3, -0.25) is 10.1 Å². The second-order valence-electron chi connectivity index (χ2n) is 6.79. The van der Waals surface area contributed by atoms with E-state index in [1.807, 2.05) is 30.3 Å². The van der Waals surface area contributed by atoms with E-state index >= 15 is 0 Å². The highest BCUT2D eigenvalue weighted by Crippen LogP contribution is 2.30. The van der Waals surface area contributed by atoms with Gasteiger partial charge in [-0.2, -0.15) is 0 Å². The number of anilines is 1. The summed E-state index contributed by atoms with van der Waals surface area (Å²) < 4.78 is 6.67. The van der Waals surface area contributed by atoms with E-state index in [2.05, 4.69) is 43.2 Å². The number of carbonyl (C=O) groups is 1. The lowest BCUT2D eigenvalue weighted by molar-refractivity contribution is -0.118. The Hall–Kier alpha value is -2.40. The van der Waals surface area contributed by atoms with E-state index in [-0.39, 0.29) is 12.5 Å². The van der Waals surface area contributed by atoms with E-state index in [4.69, 9.17) is 4.74 Å². The minimum Gasteiger partial charge on any atom is -0.484 e. The van der Waals surface area contributed by atoms with Crippen LogP contribution < -0.4 is 10.1 Å². The Morgan fingerprint density at radius 1 is 1.19 bits per heavy atom. The van der Waals surface area contributed by atoms with Crippen molar-refractivity contribution in [1.29, 1.82) is 0 Å². The highest BCUT2D eigenvalue weighted by molar-refractivity contribution is 7.22. The Bertz CT molecular complexity index is 902. The Morgan fingerprint density at radius 3 is 2.67 bits per heavy atom. The predicted octanol–water partition coefficient (Wildman–Crippen LogP) is 5.78. The average molecular weight is 383 g/mol. The van der Waals surface area contributed by atoms with Gasteiger partial charge in [0.1, 0.15) is 5.75 Å². The lowest BCUT2D eigenvalue weighted by Gasteiger charge is -2.07. The number of thiazole rings is 1. The minimum atomic E-state index is -0.200. The quantitative estimate of drug-likeness (QED) is 0.537. The molecule has 0 radical (unpaired) electrons. The summed E-state index contributed by atoms with van der Waals surface area (Å²) >= 11 is 1.50. The number of ether oxygens (including phenoxy) is 1. The SMILES string of the molecule is CCCc1ccc(OCC(=O)Nc2nc3ccc(C(C)CC)cc3s2)cc1. The van der Waals surface area contributed by atoms with Crippen LogP contribution in [0.5, 0.6) is 5.75 Å². The van der Waals surface area contributed by atoms with Crippen LogP contribution in [0.1, 0.15) is 50.7 Å². The Labute approximate surface area is 164 Å². The lowest BCUT2D eigenvalue weighted by Crippen LogP contribution is -2.19. The van der Waals surface area contributed by atoms with Crippen LogP contribution in [0, 0.1) is 0 Å². The fourth-order valence-corrected chi connectivity index (χ4v) is 3.81. The van der Waals surface area contributed by atoms with Crippen molar-refractivity contribution in [2.45, 2.75) is 46.0 Å². The lowest BCUT2D eigenvalue weighted by atomic mass is 9.99. The van der Waals surface area contributed by atoms with Crippen LogP contribution in [0.3, 0.4) is 0 Å². The van der Waals surface area contributed by atoms with Crippen molar-refractivity contribution in [3.63, 3.8) is 0 Å². The zero-order chi connectivity index (χ0) is 19.2. The number of aryl methyl sites for hydroxylation is 1. The Kier molecular flexibility index (Phi) is 6.45. The summed E-state index contributed by atoms with van der Waals surface area (Å²) in [5, 5.41) is 3.45. The van der Waals surface area contributed by atoms with Crippen LogP contribution in [0.15, 0.2) is 42.5 Å². The molecule has 5 heteroatoms. The molecule has 1 N–H and O–H groups in total. The molecule has 4 nitrogen and oxygen atoms in total. The number of amides is 1. The van der Waals surface area contributed by atoms with Crippen LogP contribution in [-0.2, 0) is 11.2 Å². The molecule has 0 saturated heterocycles. The molecule has 3 aromatic rings. The smallest absolute Gasteiger partial charge is 0.264 e. The van der Waals surface area contributed by atoms with E-state index in [0.717, 1.165) is 29.5 Å². The van der Waals surface area contributed by atoms with Crippen LogP contribution in [0.4, 0.5) is 5.13 Å². The van der Waals surface area contributed by atoms with Gasteiger partial charge in [0.05, 0.1) is 10.2 Å². The molecule has 1 amide bonds. The van der Waals surface area contributed by atoms with Gasteiger partial charge in [0.25, 0.3) is 5.91 Å². The summed E-state index contributed by atoms with van der Waals surface area (Å²) in [6.07, 6.45) is 3.27. The molecule has 1 atom stereocenters. The van der Waals surface area contributed by atoms with Gasteiger partial charge < -0.3 is 4.74 Å². The van der Waals surface area contributed by atoms with Crippen LogP contribution in [0.2, 0.25) is 0 Å². The third-order valence-corrected chi connectivity index (χ3v) is 5.61. The highest BCUT2D eigenvalue weighted by atomic mass is 32.1. The normalized spacial score (nSPS) is 12.1. The minimum absolute atomic E-state index is 0.0266. The van der Waals surface area contributed by atoms with E-state index in [9.17, 15) is 4.79 Å². The number of carbonyl (C=O) groups excluding carboxylic acids is 1. The van der Waals surface area contributed by atoms with E-state index in [1.165, 1.54) is 22.5 Å². The number of hydrogen-bond donors (Lipinski definition) is 1. The molecule has 0 fully saturated rings. The van der Waals surface area contributed by atoms with Crippen molar-refractivity contribution in [1.82, 2.24) is 4.98 Å². The molecule has 0 aliphatic carbocycles. The molecule has 1 heterocycles. The third kappa shape index (κ3) is 5.07. The molecular weight excluding hydrogens is 356 g/mol. The molecule has 1 unspecified atom stereocenters. The van der Waals surface area contributed by atoms with Gasteiger partial charge in [0, 0.05) is 0 Å². The number of benzene rings is 2. The maximum atomic E-state index is 12.2. The van der Waals surface area contributed by atoms with Gasteiger partial charge in [-0.25, -0.2) is 4.98 Å². The largest absolute Gasteiger partial charge is 0.484 e. The fraction of sp³-hybridized carbons (Fsp3) is 0.364. The van der Waals surface area contributed by atoms with Crippen LogP contribution in [0.25, 0.3) is 10.2 Å². The Balaban J connectivity index is 1.58. The predicted molar refractivity (Wildman–Crippen MR) is 113 cm³/mol. The molecule has 3 rings (SSSR count). The Morgan fingerprint density at radius 2 is 1.96 bits per heavy atom. The number of aromatic nitrogens is 1. The van der Waals surface area contributed by atoms with Gasteiger partial charge in [0.15, 0.2) is 11.7 Å². The summed E-state index contributed by atoms with van der Waals surface area (Å²) in [5.41, 5.74) is 3.50. The van der Waals surface area contributed by atoms with Crippen molar-refractivity contribution in [2.24, 2.45) is 0 Å². The van der Waals surface area contributed by atoms with E-state index in [1.54, 1.807) is 0 Å². The molecule has 142 valence electrons. The molecule has 0 bridgehead atoms. The van der Waals surface area contributed by atoms with Crippen molar-refractivity contribution in [2.75, 3.05) is 11.9 Å². The highest BCUT2D eigenvalue weighted by Gasteiger charge is 2.11. The van der Waals surface area contributed by atoms with Gasteiger partial charge in [-0.15, -0.1) is 0 Å². The summed E-state index contributed by atoms with van der Waals surface area (Å²) in [7, 11) is 0. The summed E-state index contributed by atoms with van der Waals surface area (Å²) in [5.74, 6) is 1.02. The first-order chi connectivity index (χ1) is 13.1. The summed E-state index contributed by atoms with van der Waals surface area (Å²) in [6.45, 7) is 6.53. The number of hydrogen-bond acceptors (Lipinski definition) is 4. The van der Waals surface area contributed by atoms with E-state index in [0.29, 0.717) is 16.8 Å². The first kappa shape index (κ1) is 19.4. The van der Waals surface area contributed by atoms with Crippen molar-refractivity contribution in [3.05, 3.63) is 53.6 Å². The maximum absolute atomic E-state index is 12.2. The first-order valence-corrected chi connectivity index (χ1v) is 10.3. The van der Waals surface area contributed by atoms with Crippen LogP contribution in [-0.4, -0.2) is 17.5 Å². The number of nitrogens with zero attached hydrogens (tertiary/aromatic N) is 1. The second kappa shape index (κ2) is 9.00. The van der Waals surface area contributed by atoms with E-state index < -0.39 is 0 Å². The van der Waals surface area contributed by atoms with Gasteiger partial charge in [0.2, 0.25) is 0 Å². The summed E-state index contributed by atoms with van der Waals surface area (Å²) in [6, 6.07) is 14.2. The zero-order valence-electron chi connectivity index (χ0n) is 16.1. The summed E-state index contributed by atoms with van der Waals surface area (Å²) in [4.78, 5) is 16.7. The molecule has 1 aromatic heterocycles. The topological polar surface area (TPSA) is 51.2 Å². The molecule has 2 aromatic carbocycles. The standard InChI is InChI=1S/C22H26N2O2S/c1-4-6-16-7-10-18(11-8-16)26-14-21(25)24-22-23-19-12-9-17(15(3)5-2)13-20(19)27-22/h7-13,15H,4-6,14H2,1-3H3,(H,23,24,25). The molecule has 0 aliphatic heterocycles. The van der Waals surface area contributed by atoms with Crippen molar-refractivity contribution < 1.29 is 9.53 Å².